The van der Waals surface area contributed by atoms with Crippen LogP contribution in [0.3, 0.4) is 0 Å². The van der Waals surface area contributed by atoms with E-state index in [0.29, 0.717) is 12.3 Å². The van der Waals surface area contributed by atoms with Crippen molar-refractivity contribution in [1.29, 1.82) is 0 Å². The summed E-state index contributed by atoms with van der Waals surface area (Å²) in [6.07, 6.45) is 18.0. The highest BCUT2D eigenvalue weighted by Gasteiger charge is 2.26. The van der Waals surface area contributed by atoms with Crippen LogP contribution in [0.5, 0.6) is 0 Å². The van der Waals surface area contributed by atoms with Gasteiger partial charge in [-0.05, 0) is 43.2 Å². The monoisotopic (exact) mass is 530 g/mol. The summed E-state index contributed by atoms with van der Waals surface area (Å²) in [5, 5.41) is 3.58. The van der Waals surface area contributed by atoms with Gasteiger partial charge in [-0.25, -0.2) is 4.99 Å². The minimum absolute atomic E-state index is 0.323. The summed E-state index contributed by atoms with van der Waals surface area (Å²) in [7, 11) is 0. The number of aryl methyl sites for hydroxylation is 1. The maximum absolute atomic E-state index is 12.9. The van der Waals surface area contributed by atoms with Gasteiger partial charge in [-0.3, -0.25) is 4.79 Å². The van der Waals surface area contributed by atoms with Crippen LogP contribution < -0.4 is 5.32 Å². The lowest BCUT2D eigenvalue weighted by atomic mass is 10.0. The zero-order valence-electron chi connectivity index (χ0n) is 24.5. The number of anilines is 2. The van der Waals surface area contributed by atoms with Crippen LogP contribution in [0, 0.1) is 6.92 Å². The number of hydrogen-bond acceptors (Lipinski definition) is 4. The second-order valence-corrected chi connectivity index (χ2v) is 11.5. The SMILES string of the molecule is CCCCCCCCCCCCCCCC(=O)N1CCN(C2=Nc3cc(C)ccc3Nc3ccccc32)CC1. The van der Waals surface area contributed by atoms with Gasteiger partial charge in [0.25, 0.3) is 0 Å². The Morgan fingerprint density at radius 1 is 0.769 bits per heavy atom. The van der Waals surface area contributed by atoms with Crippen LogP contribution in [0.1, 0.15) is 108 Å². The Bertz CT molecular complexity index is 1070. The molecule has 5 heteroatoms. The quantitative estimate of drug-likeness (QED) is 0.248. The molecule has 0 spiro atoms. The topological polar surface area (TPSA) is 47.9 Å². The fourth-order valence-corrected chi connectivity index (χ4v) is 5.81. The number of amides is 1. The van der Waals surface area contributed by atoms with Crippen LogP contribution in [-0.2, 0) is 4.79 Å². The fraction of sp³-hybridized carbons (Fsp3) is 0.588. The summed E-state index contributed by atoms with van der Waals surface area (Å²) in [5.41, 5.74) is 5.42. The van der Waals surface area contributed by atoms with Crippen LogP contribution in [0.4, 0.5) is 17.1 Å². The molecular formula is C34H50N4O. The predicted octanol–water partition coefficient (Wildman–Crippen LogP) is 8.76. The summed E-state index contributed by atoms with van der Waals surface area (Å²) in [6, 6.07) is 14.8. The Morgan fingerprint density at radius 3 is 2.05 bits per heavy atom. The van der Waals surface area contributed by atoms with E-state index in [2.05, 4.69) is 71.4 Å². The third kappa shape index (κ3) is 8.84. The lowest BCUT2D eigenvalue weighted by Gasteiger charge is -2.36. The second kappa shape index (κ2) is 15.7. The Kier molecular flexibility index (Phi) is 11.7. The first kappa shape index (κ1) is 29.2. The van der Waals surface area contributed by atoms with Crippen molar-refractivity contribution >= 4 is 28.8 Å². The smallest absolute Gasteiger partial charge is 0.222 e. The number of benzene rings is 2. The van der Waals surface area contributed by atoms with E-state index in [1.54, 1.807) is 0 Å². The van der Waals surface area contributed by atoms with E-state index in [1.165, 1.54) is 82.6 Å². The van der Waals surface area contributed by atoms with Gasteiger partial charge in [0.05, 0.1) is 11.4 Å². The number of carbonyl (C=O) groups is 1. The van der Waals surface area contributed by atoms with Gasteiger partial charge in [0.2, 0.25) is 5.91 Å². The number of nitrogens with one attached hydrogen (secondary N) is 1. The highest BCUT2D eigenvalue weighted by molar-refractivity contribution is 6.07. The molecule has 0 saturated carbocycles. The minimum Gasteiger partial charge on any atom is -0.353 e. The van der Waals surface area contributed by atoms with Gasteiger partial charge in [-0.2, -0.15) is 0 Å². The number of nitrogens with zero attached hydrogens (tertiary/aromatic N) is 3. The third-order valence-electron chi connectivity index (χ3n) is 8.24. The van der Waals surface area contributed by atoms with Gasteiger partial charge in [-0.15, -0.1) is 0 Å². The molecule has 0 aromatic heterocycles. The van der Waals surface area contributed by atoms with Crippen LogP contribution in [-0.4, -0.2) is 47.7 Å². The van der Waals surface area contributed by atoms with Crippen LogP contribution in [0.2, 0.25) is 0 Å². The molecule has 0 bridgehead atoms. The largest absolute Gasteiger partial charge is 0.353 e. The summed E-state index contributed by atoms with van der Waals surface area (Å²) in [5.74, 6) is 1.33. The first-order valence-electron chi connectivity index (χ1n) is 15.7. The lowest BCUT2D eigenvalue weighted by molar-refractivity contribution is -0.132. The van der Waals surface area contributed by atoms with Crippen LogP contribution in [0.15, 0.2) is 47.5 Å². The molecule has 39 heavy (non-hydrogen) atoms. The first-order chi connectivity index (χ1) is 19.2. The fourth-order valence-electron chi connectivity index (χ4n) is 5.81. The third-order valence-corrected chi connectivity index (χ3v) is 8.24. The number of hydrogen-bond donors (Lipinski definition) is 1. The van der Waals surface area contributed by atoms with E-state index in [-0.39, 0.29) is 0 Å². The molecule has 0 aliphatic carbocycles. The highest BCUT2D eigenvalue weighted by Crippen LogP contribution is 2.35. The average Bonchev–Trinajstić information content (AvgIpc) is 3.12. The number of carbonyl (C=O) groups excluding carboxylic acids is 1. The highest BCUT2D eigenvalue weighted by atomic mass is 16.2. The van der Waals surface area contributed by atoms with E-state index < -0.39 is 0 Å². The molecule has 0 radical (unpaired) electrons. The molecule has 1 amide bonds. The van der Waals surface area contributed by atoms with Gasteiger partial charge in [0.1, 0.15) is 5.84 Å². The van der Waals surface area contributed by atoms with E-state index >= 15 is 0 Å². The Balaban J connectivity index is 1.15. The maximum atomic E-state index is 12.9. The van der Waals surface area contributed by atoms with Crippen LogP contribution in [0.25, 0.3) is 0 Å². The number of amidine groups is 1. The standard InChI is InChI=1S/C34H50N4O/c1-3-4-5-6-7-8-9-10-11-12-13-14-15-20-33(39)37-23-25-38(26-24-37)34-29-18-16-17-19-30(29)35-31-22-21-28(2)27-32(31)36-34/h16-19,21-22,27,35H,3-15,20,23-26H2,1-2H3. The summed E-state index contributed by atoms with van der Waals surface area (Å²) >= 11 is 0. The molecular weight excluding hydrogens is 480 g/mol. The molecule has 5 nitrogen and oxygen atoms in total. The van der Waals surface area contributed by atoms with Gasteiger partial charge in [0.15, 0.2) is 0 Å². The van der Waals surface area contributed by atoms with E-state index in [1.807, 2.05) is 0 Å². The van der Waals surface area contributed by atoms with Crippen molar-refractivity contribution in [2.45, 2.75) is 104 Å². The Hall–Kier alpha value is -2.82. The van der Waals surface area contributed by atoms with Gasteiger partial charge < -0.3 is 15.1 Å². The second-order valence-electron chi connectivity index (χ2n) is 11.5. The summed E-state index contributed by atoms with van der Waals surface area (Å²) < 4.78 is 0. The number of rotatable bonds is 14. The molecule has 2 aromatic rings. The first-order valence-corrected chi connectivity index (χ1v) is 15.7. The maximum Gasteiger partial charge on any atom is 0.222 e. The molecule has 2 aliphatic heterocycles. The minimum atomic E-state index is 0.323. The van der Waals surface area contributed by atoms with E-state index in [0.717, 1.165) is 61.1 Å². The molecule has 212 valence electrons. The van der Waals surface area contributed by atoms with Gasteiger partial charge >= 0.3 is 0 Å². The predicted molar refractivity (Wildman–Crippen MR) is 166 cm³/mol. The molecule has 1 N–H and O–H groups in total. The van der Waals surface area contributed by atoms with Crippen molar-refractivity contribution < 1.29 is 4.79 Å². The molecule has 2 heterocycles. The van der Waals surface area contributed by atoms with Crippen molar-refractivity contribution in [3.8, 4) is 0 Å². The summed E-state index contributed by atoms with van der Waals surface area (Å²) in [6.45, 7) is 7.56. The van der Waals surface area contributed by atoms with E-state index in [4.69, 9.17) is 4.99 Å². The van der Waals surface area contributed by atoms with Gasteiger partial charge in [-0.1, -0.05) is 102 Å². The average molecular weight is 531 g/mol. The van der Waals surface area contributed by atoms with Crippen molar-refractivity contribution in [3.63, 3.8) is 0 Å². The lowest BCUT2D eigenvalue weighted by Crippen LogP contribution is -2.50. The molecule has 0 unspecified atom stereocenters. The number of piperazine rings is 1. The molecule has 1 saturated heterocycles. The van der Waals surface area contributed by atoms with Gasteiger partial charge in [0, 0.05) is 43.9 Å². The molecule has 1 fully saturated rings. The van der Waals surface area contributed by atoms with Crippen molar-refractivity contribution in [2.24, 2.45) is 4.99 Å². The molecule has 4 rings (SSSR count). The number of fused-ring (bicyclic) bond motifs is 2. The normalized spacial score (nSPS) is 14.8. The molecule has 0 atom stereocenters. The number of unbranched alkanes of at least 4 members (excludes halogenated alkanes) is 12. The Morgan fingerprint density at radius 2 is 1.38 bits per heavy atom. The number of aliphatic imine (C=N–C) groups is 1. The summed E-state index contributed by atoms with van der Waals surface area (Å²) in [4.78, 5) is 22.5. The zero-order valence-corrected chi connectivity index (χ0v) is 24.5. The zero-order chi connectivity index (χ0) is 27.3. The molecule has 2 aromatic carbocycles. The van der Waals surface area contributed by atoms with Crippen LogP contribution >= 0.6 is 0 Å². The Labute approximate surface area is 237 Å². The van der Waals surface area contributed by atoms with Crippen molar-refractivity contribution in [3.05, 3.63) is 53.6 Å². The van der Waals surface area contributed by atoms with Crippen molar-refractivity contribution in [2.75, 3.05) is 31.5 Å². The van der Waals surface area contributed by atoms with Crippen molar-refractivity contribution in [1.82, 2.24) is 9.80 Å². The van der Waals surface area contributed by atoms with E-state index in [9.17, 15) is 4.79 Å². The molecule has 2 aliphatic rings. The number of para-hydroxylation sites is 1.